The Labute approximate surface area is 177 Å². The van der Waals surface area contributed by atoms with Gasteiger partial charge in [-0.25, -0.2) is 8.42 Å². The van der Waals surface area contributed by atoms with Crippen molar-refractivity contribution in [2.24, 2.45) is 0 Å². The van der Waals surface area contributed by atoms with Crippen LogP contribution in [-0.4, -0.2) is 18.1 Å². The molecule has 0 heterocycles. The number of benzene rings is 3. The van der Waals surface area contributed by atoms with Crippen molar-refractivity contribution in [2.45, 2.75) is 20.2 Å². The first kappa shape index (κ1) is 22.3. The van der Waals surface area contributed by atoms with E-state index in [4.69, 9.17) is 0 Å². The van der Waals surface area contributed by atoms with E-state index in [2.05, 4.69) is 8.31 Å². The van der Waals surface area contributed by atoms with Crippen LogP contribution in [0.1, 0.15) is 0 Å². The van der Waals surface area contributed by atoms with E-state index in [0.717, 1.165) is 14.7 Å². The average molecular weight is 474 g/mol. The van der Waals surface area contributed by atoms with Crippen LogP contribution in [0.4, 0.5) is 13.2 Å². The lowest BCUT2D eigenvalue weighted by molar-refractivity contribution is -0.0375. The second-order valence-electron chi connectivity index (χ2n) is 5.68. The van der Waals surface area contributed by atoms with Gasteiger partial charge in [0.05, 0.1) is 10.9 Å². The third kappa shape index (κ3) is 5.85. The Kier molecular flexibility index (Phi) is 6.86. The maximum atomic E-state index is 12.3. The van der Waals surface area contributed by atoms with Crippen LogP contribution in [0.5, 0.6) is 5.75 Å². The van der Waals surface area contributed by atoms with Gasteiger partial charge in [0.1, 0.15) is 5.75 Å². The first-order valence-electron chi connectivity index (χ1n) is 8.26. The maximum absolute atomic E-state index is 12.3. The zero-order valence-corrected chi connectivity index (χ0v) is 17.5. The Balaban J connectivity index is 1.85. The molecule has 0 aliphatic rings. The number of hydrogen-bond donors (Lipinski definition) is 0. The van der Waals surface area contributed by atoms with Crippen LogP contribution in [0.3, 0.4) is 0 Å². The molecule has 0 spiro atoms. The predicted molar refractivity (Wildman–Crippen MR) is 109 cm³/mol. The zero-order chi connectivity index (χ0) is 21.8. The predicted octanol–water partition coefficient (Wildman–Crippen LogP) is 4.96. The molecule has 5 nitrogen and oxygen atoms in total. The molecule has 0 aliphatic carbocycles. The summed E-state index contributed by atoms with van der Waals surface area (Å²) in [4.78, 5) is 2.90. The molecular weight excluding hydrogens is 459 g/mol. The monoisotopic (exact) mass is 473 g/mol. The van der Waals surface area contributed by atoms with Crippen LogP contribution in [0.2, 0.25) is 0 Å². The van der Waals surface area contributed by atoms with Crippen molar-refractivity contribution in [3.8, 4) is 5.75 Å². The van der Waals surface area contributed by atoms with Gasteiger partial charge in [-0.05, 0) is 48.5 Å². The van der Waals surface area contributed by atoms with Crippen LogP contribution in [0.25, 0.3) is 4.13 Å². The number of nitrogens with zero attached hydrogens (tertiary/aromatic N) is 1. The molecule has 0 N–H and O–H groups in total. The fraction of sp³-hybridized carbons (Fsp3) is 0.0526. The minimum Gasteiger partial charge on any atom is -0.421 e. The summed E-state index contributed by atoms with van der Waals surface area (Å²) in [6.45, 7) is 0. The van der Waals surface area contributed by atoms with E-state index in [1.807, 2.05) is 60.7 Å². The summed E-state index contributed by atoms with van der Waals surface area (Å²) in [5.74, 6) is -0.244. The molecule has 0 saturated heterocycles. The van der Waals surface area contributed by atoms with Crippen molar-refractivity contribution in [1.29, 1.82) is 0 Å². The van der Waals surface area contributed by atoms with Gasteiger partial charge in [0.15, 0.2) is 14.7 Å². The van der Waals surface area contributed by atoms with Crippen molar-refractivity contribution in [3.05, 3.63) is 89.1 Å². The molecule has 11 heteroatoms. The van der Waals surface area contributed by atoms with E-state index >= 15 is 0 Å². The number of alkyl halides is 3. The van der Waals surface area contributed by atoms with Gasteiger partial charge in [0.2, 0.25) is 10.3 Å². The largest absolute Gasteiger partial charge is 0.453 e. The second kappa shape index (κ2) is 9.21. The molecule has 3 aromatic carbocycles. The topological polar surface area (TPSA) is 74.5 Å². The van der Waals surface area contributed by atoms with E-state index < -0.39 is 37.7 Å². The maximum Gasteiger partial charge on any atom is 0.453 e. The fourth-order valence-electron chi connectivity index (χ4n) is 2.41. The third-order valence-corrected chi connectivity index (χ3v) is 7.88. The lowest BCUT2D eigenvalue weighted by Crippen LogP contribution is -2.20. The van der Waals surface area contributed by atoms with Gasteiger partial charge in [-0.3, -0.25) is 4.21 Å². The highest BCUT2D eigenvalue weighted by Gasteiger charge is 2.32. The van der Waals surface area contributed by atoms with Gasteiger partial charge in [0.25, 0.3) is 0 Å². The Morgan fingerprint density at radius 1 is 0.767 bits per heavy atom. The molecule has 0 saturated carbocycles. The standard InChI is InChI=1S/C19H14F3NO4S3/c20-19(21,22)29(24)23-30(25,26)27-15-11-13-18(14-12-15)28(16-7-3-1-4-8-16)17-9-5-2-6-10-17/h1-14H. The molecule has 3 aromatic rings. The Morgan fingerprint density at radius 3 is 1.63 bits per heavy atom. The summed E-state index contributed by atoms with van der Waals surface area (Å²) in [5.41, 5.74) is -5.29. The smallest absolute Gasteiger partial charge is 0.421 e. The molecule has 0 radical (unpaired) electrons. The van der Waals surface area contributed by atoms with Gasteiger partial charge in [-0.15, -0.1) is 0 Å². The van der Waals surface area contributed by atoms with Crippen molar-refractivity contribution in [1.82, 2.24) is 0 Å². The molecule has 0 amide bonds. The van der Waals surface area contributed by atoms with Crippen molar-refractivity contribution >= 4 is 32.2 Å². The average Bonchev–Trinajstić information content (AvgIpc) is 2.70. The Hall–Kier alpha value is -2.34. The SMILES string of the molecule is O=S([N-]S(=O)(=O)Oc1ccc([S+](c2ccccc2)c2ccccc2)cc1)C(F)(F)F. The molecular formula is C19H14F3NO4S3. The zero-order valence-electron chi connectivity index (χ0n) is 15.0. The lowest BCUT2D eigenvalue weighted by atomic mass is 10.3. The molecule has 1 unspecified atom stereocenters. The van der Waals surface area contributed by atoms with Gasteiger partial charge in [-0.1, -0.05) is 36.4 Å². The summed E-state index contributed by atoms with van der Waals surface area (Å²) >= 11 is 0. The van der Waals surface area contributed by atoms with Crippen LogP contribution in [0, 0.1) is 0 Å². The summed E-state index contributed by atoms with van der Waals surface area (Å²) in [6, 6.07) is 25.2. The summed E-state index contributed by atoms with van der Waals surface area (Å²) < 4.78 is 77.7. The fourth-order valence-corrected chi connectivity index (χ4v) is 5.98. The molecule has 3 rings (SSSR count). The molecule has 1 atom stereocenters. The van der Waals surface area contributed by atoms with Crippen molar-refractivity contribution in [3.63, 3.8) is 0 Å². The highest BCUT2D eigenvalue weighted by atomic mass is 32.3. The van der Waals surface area contributed by atoms with Gasteiger partial charge < -0.3 is 8.31 Å². The Morgan fingerprint density at radius 2 is 1.20 bits per heavy atom. The normalized spacial score (nSPS) is 13.2. The first-order chi connectivity index (χ1) is 14.2. The lowest BCUT2D eigenvalue weighted by Gasteiger charge is -2.21. The Bertz CT molecular complexity index is 1070. The van der Waals surface area contributed by atoms with E-state index in [9.17, 15) is 25.8 Å². The summed E-state index contributed by atoms with van der Waals surface area (Å²) in [6.07, 6.45) is 0. The second-order valence-corrected chi connectivity index (χ2v) is 10.3. The minimum absolute atomic E-state index is 0.244. The van der Waals surface area contributed by atoms with Crippen LogP contribution < -0.4 is 4.18 Å². The van der Waals surface area contributed by atoms with E-state index in [1.54, 1.807) is 12.1 Å². The van der Waals surface area contributed by atoms with Gasteiger partial charge in [0, 0.05) is 11.0 Å². The van der Waals surface area contributed by atoms with Crippen molar-refractivity contribution in [2.75, 3.05) is 0 Å². The minimum atomic E-state index is -5.29. The molecule has 0 bridgehead atoms. The number of rotatable bonds is 7. The number of halogens is 3. The quantitative estimate of drug-likeness (QED) is 0.455. The molecule has 158 valence electrons. The summed E-state index contributed by atoms with van der Waals surface area (Å²) in [7, 11) is -9.47. The van der Waals surface area contributed by atoms with Crippen molar-refractivity contribution < 1.29 is 30.0 Å². The van der Waals surface area contributed by atoms with E-state index in [0.29, 0.717) is 0 Å². The highest BCUT2D eigenvalue weighted by molar-refractivity contribution is 8.07. The molecule has 0 aromatic heterocycles. The molecule has 0 aliphatic heterocycles. The van der Waals surface area contributed by atoms with E-state index in [-0.39, 0.29) is 5.75 Å². The van der Waals surface area contributed by atoms with Crippen LogP contribution in [0.15, 0.2) is 99.6 Å². The number of hydrogen-bond acceptors (Lipinski definition) is 4. The van der Waals surface area contributed by atoms with Crippen LogP contribution in [-0.2, 0) is 32.2 Å². The molecule has 0 fully saturated rings. The van der Waals surface area contributed by atoms with E-state index in [1.165, 1.54) is 12.1 Å². The first-order valence-corrected chi connectivity index (χ1v) is 12.0. The third-order valence-electron chi connectivity index (χ3n) is 3.58. The summed E-state index contributed by atoms with van der Waals surface area (Å²) in [5, 5.41) is 0. The van der Waals surface area contributed by atoms with Gasteiger partial charge in [-0.2, -0.15) is 13.2 Å². The van der Waals surface area contributed by atoms with Gasteiger partial charge >= 0.3 is 5.51 Å². The highest BCUT2D eigenvalue weighted by Crippen LogP contribution is 2.33. The van der Waals surface area contributed by atoms with Crippen LogP contribution >= 0.6 is 0 Å². The molecule has 30 heavy (non-hydrogen) atoms.